The van der Waals surface area contributed by atoms with Crippen LogP contribution in [0.2, 0.25) is 0 Å². The maximum absolute atomic E-state index is 13.3. The summed E-state index contributed by atoms with van der Waals surface area (Å²) >= 11 is 5.80. The summed E-state index contributed by atoms with van der Waals surface area (Å²) in [5.74, 6) is 1.16. The van der Waals surface area contributed by atoms with Crippen molar-refractivity contribution in [2.45, 2.75) is 13.3 Å². The van der Waals surface area contributed by atoms with Crippen LogP contribution in [-0.2, 0) is 6.42 Å². The zero-order valence-electron chi connectivity index (χ0n) is 18.5. The Hall–Kier alpha value is -3.90. The highest BCUT2D eigenvalue weighted by molar-refractivity contribution is 7.80. The molecule has 0 aliphatic heterocycles. The van der Waals surface area contributed by atoms with Crippen LogP contribution in [0.5, 0.6) is 5.75 Å². The number of aromatic amines is 1. The highest BCUT2D eigenvalue weighted by Gasteiger charge is 2.24. The fourth-order valence-corrected chi connectivity index (χ4v) is 3.99. The molecule has 166 valence electrons. The van der Waals surface area contributed by atoms with Gasteiger partial charge in [-0.25, -0.2) is 0 Å². The Labute approximate surface area is 198 Å². The highest BCUT2D eigenvalue weighted by atomic mass is 32.1. The monoisotopic (exact) mass is 455 g/mol. The molecule has 0 aliphatic carbocycles. The van der Waals surface area contributed by atoms with Gasteiger partial charge in [0.15, 0.2) is 0 Å². The van der Waals surface area contributed by atoms with Crippen molar-refractivity contribution >= 4 is 40.1 Å². The van der Waals surface area contributed by atoms with E-state index >= 15 is 0 Å². The number of rotatable bonds is 8. The smallest absolute Gasteiger partial charge is 0.211 e. The molecule has 4 aromatic rings. The van der Waals surface area contributed by atoms with Crippen molar-refractivity contribution in [3.63, 3.8) is 0 Å². The number of nitrogens with two attached hydrogens (primary N) is 1. The first-order valence-corrected chi connectivity index (χ1v) is 11.0. The van der Waals surface area contributed by atoms with Crippen molar-refractivity contribution in [3.05, 3.63) is 107 Å². The number of methoxy groups -OCH3 is 1. The maximum atomic E-state index is 13.3. The molecule has 0 aliphatic rings. The molecule has 4 rings (SSSR count). The molecule has 0 radical (unpaired) electrons. The van der Waals surface area contributed by atoms with Crippen molar-refractivity contribution in [2.24, 2.45) is 0 Å². The zero-order valence-corrected chi connectivity index (χ0v) is 19.3. The van der Waals surface area contributed by atoms with E-state index < -0.39 is 0 Å². The van der Waals surface area contributed by atoms with Gasteiger partial charge in [0.2, 0.25) is 5.78 Å². The second-order valence-electron chi connectivity index (χ2n) is 7.80. The lowest BCUT2D eigenvalue weighted by Gasteiger charge is -2.10. The minimum Gasteiger partial charge on any atom is -0.497 e. The molecule has 3 aromatic carbocycles. The number of hydrogen-bond donors (Lipinski definition) is 3. The van der Waals surface area contributed by atoms with Gasteiger partial charge in [-0.05, 0) is 36.8 Å². The molecule has 1 heterocycles. The van der Waals surface area contributed by atoms with Crippen LogP contribution >= 0.6 is 12.2 Å². The lowest BCUT2D eigenvalue weighted by molar-refractivity contribution is 0.103. The summed E-state index contributed by atoms with van der Waals surface area (Å²) in [6.07, 6.45) is 0.535. The van der Waals surface area contributed by atoms with Crippen LogP contribution in [0.4, 0.5) is 17.2 Å². The van der Waals surface area contributed by atoms with Gasteiger partial charge in [0.05, 0.1) is 18.4 Å². The molecule has 0 spiro atoms. The van der Waals surface area contributed by atoms with Gasteiger partial charge in [-0.2, -0.15) is 0 Å². The van der Waals surface area contributed by atoms with Crippen LogP contribution in [0.1, 0.15) is 32.7 Å². The number of H-pyrrole nitrogens is 1. The Morgan fingerprint density at radius 1 is 1.00 bits per heavy atom. The lowest BCUT2D eigenvalue weighted by Crippen LogP contribution is -2.08. The molecule has 0 atom stereocenters. The Bertz CT molecular complexity index is 1280. The van der Waals surface area contributed by atoms with Crippen LogP contribution in [-0.4, -0.2) is 22.7 Å². The first-order chi connectivity index (χ1) is 16.0. The van der Waals surface area contributed by atoms with E-state index in [0.717, 1.165) is 22.6 Å². The molecular weight excluding hydrogens is 430 g/mol. The van der Waals surface area contributed by atoms with Gasteiger partial charge in [-0.3, -0.25) is 4.79 Å². The summed E-state index contributed by atoms with van der Waals surface area (Å²) in [6.45, 7) is 1.98. The number of thiocarbonyl (C=S) groups is 1. The van der Waals surface area contributed by atoms with E-state index in [1.807, 2.05) is 73.7 Å². The Morgan fingerprint density at radius 2 is 1.67 bits per heavy atom. The fraction of sp³-hybridized carbons (Fsp3) is 0.111. The van der Waals surface area contributed by atoms with Gasteiger partial charge >= 0.3 is 0 Å². The topological polar surface area (TPSA) is 80.1 Å². The fourth-order valence-electron chi connectivity index (χ4n) is 3.61. The van der Waals surface area contributed by atoms with Crippen LogP contribution in [0, 0.1) is 6.92 Å². The molecule has 0 unspecified atom stereocenters. The quantitative estimate of drug-likeness (QED) is 0.229. The van der Waals surface area contributed by atoms with E-state index in [2.05, 4.69) is 10.3 Å². The van der Waals surface area contributed by atoms with Gasteiger partial charge in [0.25, 0.3) is 0 Å². The predicted octanol–water partition coefficient (Wildman–Crippen LogP) is 5.85. The van der Waals surface area contributed by atoms with Crippen LogP contribution in [0.25, 0.3) is 0 Å². The average molecular weight is 456 g/mol. The molecule has 1 aromatic heterocycles. The Kier molecular flexibility index (Phi) is 6.56. The van der Waals surface area contributed by atoms with Crippen molar-refractivity contribution < 1.29 is 9.53 Å². The summed E-state index contributed by atoms with van der Waals surface area (Å²) in [5.41, 5.74) is 11.4. The van der Waals surface area contributed by atoms with E-state index in [-0.39, 0.29) is 5.78 Å². The number of ether oxygens (including phenoxy) is 1. The lowest BCUT2D eigenvalue weighted by atomic mass is 10.0. The number of nitrogens with one attached hydrogen (secondary N) is 2. The zero-order chi connectivity index (χ0) is 23.4. The van der Waals surface area contributed by atoms with Crippen molar-refractivity contribution in [1.82, 2.24) is 4.98 Å². The summed E-state index contributed by atoms with van der Waals surface area (Å²) in [6, 6.07) is 24.9. The molecular formula is C27H25N3O2S. The van der Waals surface area contributed by atoms with E-state index in [1.54, 1.807) is 19.2 Å². The van der Waals surface area contributed by atoms with Crippen LogP contribution in [0.15, 0.2) is 78.9 Å². The van der Waals surface area contributed by atoms with Gasteiger partial charge in [-0.15, -0.1) is 0 Å². The van der Waals surface area contributed by atoms with Gasteiger partial charge in [0, 0.05) is 22.5 Å². The molecule has 0 amide bonds. The van der Waals surface area contributed by atoms with Gasteiger partial charge < -0.3 is 20.8 Å². The summed E-state index contributed by atoms with van der Waals surface area (Å²) < 4.78 is 5.24. The average Bonchev–Trinajstić information content (AvgIpc) is 3.16. The number of aromatic nitrogens is 1. The summed E-state index contributed by atoms with van der Waals surface area (Å²) in [4.78, 5) is 17.1. The normalized spacial score (nSPS) is 10.6. The van der Waals surface area contributed by atoms with Crippen LogP contribution in [0.3, 0.4) is 0 Å². The number of carbonyl (C=O) groups is 1. The number of aryl methyl sites for hydroxylation is 1. The number of nitrogen functional groups attached to an aromatic ring is 1. The minimum atomic E-state index is -0.181. The summed E-state index contributed by atoms with van der Waals surface area (Å²) in [5, 5.41) is 3.34. The summed E-state index contributed by atoms with van der Waals surface area (Å²) in [7, 11) is 1.62. The van der Waals surface area contributed by atoms with E-state index in [0.29, 0.717) is 39.6 Å². The van der Waals surface area contributed by atoms with E-state index in [1.165, 1.54) is 0 Å². The molecule has 5 nitrogen and oxygen atoms in total. The molecule has 0 saturated heterocycles. The number of carbonyl (C=O) groups excluding carboxylic acids is 1. The predicted molar refractivity (Wildman–Crippen MR) is 138 cm³/mol. The number of ketones is 1. The van der Waals surface area contributed by atoms with Crippen LogP contribution < -0.4 is 15.8 Å². The first kappa shape index (κ1) is 22.3. The van der Waals surface area contributed by atoms with Crippen molar-refractivity contribution in [3.8, 4) is 5.75 Å². The Balaban J connectivity index is 1.73. The second-order valence-corrected chi connectivity index (χ2v) is 8.29. The third-order valence-corrected chi connectivity index (χ3v) is 5.77. The molecule has 6 heteroatoms. The minimum absolute atomic E-state index is 0.181. The molecule has 4 N–H and O–H groups in total. The highest BCUT2D eigenvalue weighted by Crippen LogP contribution is 2.32. The molecule has 0 saturated carbocycles. The number of benzene rings is 3. The molecule has 33 heavy (non-hydrogen) atoms. The third-order valence-electron chi connectivity index (χ3n) is 5.43. The van der Waals surface area contributed by atoms with Gasteiger partial charge in [-0.1, -0.05) is 72.4 Å². The van der Waals surface area contributed by atoms with E-state index in [9.17, 15) is 4.79 Å². The maximum Gasteiger partial charge on any atom is 0.211 e. The molecule has 0 fully saturated rings. The van der Waals surface area contributed by atoms with Crippen molar-refractivity contribution in [1.29, 1.82) is 0 Å². The number of hydrogen-bond acceptors (Lipinski definition) is 5. The van der Waals surface area contributed by atoms with E-state index in [4.69, 9.17) is 22.7 Å². The standard InChI is InChI=1S/C27H25N3O2S/c1-17-8-10-19(11-9-17)26(31)25-24(28)23(22(33)16-18-6-4-3-5-7-18)27(30-25)29-20-12-14-21(32-2)15-13-20/h3-15,29-30H,16,28H2,1-2H3. The first-order valence-electron chi connectivity index (χ1n) is 10.6. The van der Waals surface area contributed by atoms with Crippen molar-refractivity contribution in [2.75, 3.05) is 18.2 Å². The largest absolute Gasteiger partial charge is 0.497 e. The third kappa shape index (κ3) is 4.96. The number of anilines is 3. The van der Waals surface area contributed by atoms with Gasteiger partial charge in [0.1, 0.15) is 17.3 Å². The SMILES string of the molecule is COc1ccc(Nc2[nH]c(C(=O)c3ccc(C)cc3)c(N)c2C(=S)Cc2ccccc2)cc1. The molecule has 0 bridgehead atoms. The second kappa shape index (κ2) is 9.71. The Morgan fingerprint density at radius 3 is 2.30 bits per heavy atom.